The average molecular weight is 257 g/mol. The first kappa shape index (κ1) is 10.4. The van der Waals surface area contributed by atoms with Crippen LogP contribution < -0.4 is 0 Å². The van der Waals surface area contributed by atoms with Crippen LogP contribution in [0.25, 0.3) is 0 Å². The van der Waals surface area contributed by atoms with Gasteiger partial charge in [-0.25, -0.2) is 0 Å². The summed E-state index contributed by atoms with van der Waals surface area (Å²) in [6, 6.07) is 3.06. The van der Waals surface area contributed by atoms with E-state index in [4.69, 9.17) is 5.26 Å². The number of nitriles is 1. The van der Waals surface area contributed by atoms with Crippen LogP contribution in [0.4, 0.5) is 0 Å². The molecule has 0 aromatic heterocycles. The van der Waals surface area contributed by atoms with Crippen LogP contribution in [0.15, 0.2) is 0 Å². The summed E-state index contributed by atoms with van der Waals surface area (Å²) < 4.78 is 0. The zero-order valence-corrected chi connectivity index (χ0v) is 10.1. The van der Waals surface area contributed by atoms with Gasteiger partial charge in [-0.2, -0.15) is 5.26 Å². The molecule has 0 heterocycles. The summed E-state index contributed by atoms with van der Waals surface area (Å²) in [6.07, 6.45) is 6.13. The summed E-state index contributed by atoms with van der Waals surface area (Å²) in [4.78, 5) is 2.54. The fourth-order valence-corrected chi connectivity index (χ4v) is 2.70. The quantitative estimate of drug-likeness (QED) is 0.684. The van der Waals surface area contributed by atoms with Gasteiger partial charge in [0.15, 0.2) is 0 Å². The van der Waals surface area contributed by atoms with E-state index in [0.717, 1.165) is 17.9 Å². The molecule has 0 saturated heterocycles. The van der Waals surface area contributed by atoms with Crippen LogP contribution in [0.3, 0.4) is 0 Å². The Hall–Kier alpha value is -0.0700. The van der Waals surface area contributed by atoms with Gasteiger partial charge in [-0.3, -0.25) is 4.90 Å². The van der Waals surface area contributed by atoms with Gasteiger partial charge in [-0.05, 0) is 31.1 Å². The van der Waals surface area contributed by atoms with Crippen molar-refractivity contribution in [2.24, 2.45) is 5.41 Å². The van der Waals surface area contributed by atoms with Crippen LogP contribution in [0.5, 0.6) is 0 Å². The molecular formula is C11H17BrN2. The van der Waals surface area contributed by atoms with Crippen LogP contribution in [0.1, 0.15) is 32.1 Å². The van der Waals surface area contributed by atoms with Gasteiger partial charge in [0.05, 0.1) is 6.07 Å². The van der Waals surface area contributed by atoms with Crippen molar-refractivity contribution in [1.82, 2.24) is 4.90 Å². The Bertz CT molecular complexity index is 238. The van der Waals surface area contributed by atoms with Gasteiger partial charge in [0.1, 0.15) is 0 Å². The van der Waals surface area contributed by atoms with Gasteiger partial charge in [0, 0.05) is 30.9 Å². The highest BCUT2D eigenvalue weighted by molar-refractivity contribution is 9.09. The lowest BCUT2D eigenvalue weighted by molar-refractivity contribution is 0.225. The zero-order valence-electron chi connectivity index (χ0n) is 8.51. The molecule has 0 spiro atoms. The second-order valence-corrected chi connectivity index (χ2v) is 5.30. The predicted octanol–water partition coefficient (Wildman–Crippen LogP) is 2.54. The zero-order chi connectivity index (χ0) is 10.0. The van der Waals surface area contributed by atoms with Crippen molar-refractivity contribution in [1.29, 1.82) is 5.26 Å². The third-order valence-electron chi connectivity index (χ3n) is 3.35. The first-order valence-electron chi connectivity index (χ1n) is 5.47. The van der Waals surface area contributed by atoms with E-state index in [0.29, 0.717) is 11.8 Å². The van der Waals surface area contributed by atoms with Gasteiger partial charge in [-0.1, -0.05) is 15.9 Å². The predicted molar refractivity (Wildman–Crippen MR) is 60.3 cm³/mol. The van der Waals surface area contributed by atoms with Crippen molar-refractivity contribution >= 4 is 15.9 Å². The lowest BCUT2D eigenvalue weighted by Gasteiger charge is -2.25. The van der Waals surface area contributed by atoms with Crippen LogP contribution in [0, 0.1) is 16.7 Å². The SMILES string of the molecule is N#CCCN(CC1(CBr)CC1)C1CC1. The number of alkyl halides is 1. The molecule has 0 atom stereocenters. The molecule has 0 N–H and O–H groups in total. The van der Waals surface area contributed by atoms with Crippen molar-refractivity contribution in [3.8, 4) is 6.07 Å². The van der Waals surface area contributed by atoms with E-state index in [-0.39, 0.29) is 0 Å². The average Bonchev–Trinajstić information content (AvgIpc) is 3.04. The second-order valence-electron chi connectivity index (χ2n) is 4.74. The molecule has 0 bridgehead atoms. The van der Waals surface area contributed by atoms with Crippen molar-refractivity contribution in [2.45, 2.75) is 38.1 Å². The van der Waals surface area contributed by atoms with Gasteiger partial charge < -0.3 is 0 Å². The van der Waals surface area contributed by atoms with E-state index >= 15 is 0 Å². The van der Waals surface area contributed by atoms with E-state index < -0.39 is 0 Å². The standard InChI is InChI=1S/C11H17BrN2/c12-8-11(4-5-11)9-14(7-1-6-13)10-2-3-10/h10H,1-5,7-9H2. The van der Waals surface area contributed by atoms with Gasteiger partial charge in [0.25, 0.3) is 0 Å². The Morgan fingerprint density at radius 2 is 2.14 bits per heavy atom. The topological polar surface area (TPSA) is 27.0 Å². The molecule has 78 valence electrons. The molecule has 3 heteroatoms. The summed E-state index contributed by atoms with van der Waals surface area (Å²) in [5.41, 5.74) is 0.568. The van der Waals surface area contributed by atoms with Crippen molar-refractivity contribution in [2.75, 3.05) is 18.4 Å². The highest BCUT2D eigenvalue weighted by atomic mass is 79.9. The van der Waals surface area contributed by atoms with E-state index in [1.165, 1.54) is 32.2 Å². The summed E-state index contributed by atoms with van der Waals surface area (Å²) in [7, 11) is 0. The lowest BCUT2D eigenvalue weighted by atomic mass is 10.1. The van der Waals surface area contributed by atoms with Crippen LogP contribution in [-0.4, -0.2) is 29.4 Å². The maximum Gasteiger partial charge on any atom is 0.0635 e. The number of rotatable bonds is 6. The highest BCUT2D eigenvalue weighted by Gasteiger charge is 2.44. The molecule has 0 radical (unpaired) electrons. The summed E-state index contributed by atoms with van der Waals surface area (Å²) >= 11 is 3.61. The summed E-state index contributed by atoms with van der Waals surface area (Å²) in [5, 5.41) is 9.74. The van der Waals surface area contributed by atoms with Crippen molar-refractivity contribution < 1.29 is 0 Å². The first-order valence-corrected chi connectivity index (χ1v) is 6.59. The first-order chi connectivity index (χ1) is 6.79. The van der Waals surface area contributed by atoms with E-state index in [1.54, 1.807) is 0 Å². The van der Waals surface area contributed by atoms with E-state index in [2.05, 4.69) is 26.9 Å². The molecule has 2 fully saturated rings. The summed E-state index contributed by atoms with van der Waals surface area (Å²) in [5.74, 6) is 0. The molecule has 2 rings (SSSR count). The molecule has 0 amide bonds. The molecule has 2 aliphatic carbocycles. The Morgan fingerprint density at radius 1 is 1.43 bits per heavy atom. The summed E-state index contributed by atoms with van der Waals surface area (Å²) in [6.45, 7) is 2.19. The second kappa shape index (κ2) is 4.20. The third-order valence-corrected chi connectivity index (χ3v) is 4.54. The molecular weight excluding hydrogens is 240 g/mol. The Balaban J connectivity index is 1.81. The molecule has 2 saturated carbocycles. The third kappa shape index (κ3) is 2.49. The van der Waals surface area contributed by atoms with Crippen molar-refractivity contribution in [3.05, 3.63) is 0 Å². The minimum Gasteiger partial charge on any atom is -0.299 e. The molecule has 0 aromatic carbocycles. The van der Waals surface area contributed by atoms with Crippen molar-refractivity contribution in [3.63, 3.8) is 0 Å². The number of halogens is 1. The van der Waals surface area contributed by atoms with E-state index in [1.807, 2.05) is 0 Å². The Labute approximate surface area is 94.4 Å². The highest BCUT2D eigenvalue weighted by Crippen LogP contribution is 2.48. The minimum absolute atomic E-state index is 0.568. The fraction of sp³-hybridized carbons (Fsp3) is 0.909. The van der Waals surface area contributed by atoms with Gasteiger partial charge in [-0.15, -0.1) is 0 Å². The normalized spacial score (nSPS) is 23.5. The van der Waals surface area contributed by atoms with Crippen LogP contribution >= 0.6 is 15.9 Å². The van der Waals surface area contributed by atoms with Gasteiger partial charge in [0.2, 0.25) is 0 Å². The number of hydrogen-bond acceptors (Lipinski definition) is 2. The molecule has 2 nitrogen and oxygen atoms in total. The number of hydrogen-bond donors (Lipinski definition) is 0. The Morgan fingerprint density at radius 3 is 2.57 bits per heavy atom. The van der Waals surface area contributed by atoms with Crippen LogP contribution in [-0.2, 0) is 0 Å². The Kier molecular flexibility index (Phi) is 3.14. The van der Waals surface area contributed by atoms with E-state index in [9.17, 15) is 0 Å². The molecule has 0 unspecified atom stereocenters. The fourth-order valence-electron chi connectivity index (χ4n) is 1.97. The van der Waals surface area contributed by atoms with Crippen LogP contribution in [0.2, 0.25) is 0 Å². The van der Waals surface area contributed by atoms with Gasteiger partial charge >= 0.3 is 0 Å². The molecule has 0 aromatic rings. The molecule has 14 heavy (non-hydrogen) atoms. The smallest absolute Gasteiger partial charge is 0.0635 e. The minimum atomic E-state index is 0.568. The monoisotopic (exact) mass is 256 g/mol. The number of nitrogens with zero attached hydrogens (tertiary/aromatic N) is 2. The lowest BCUT2D eigenvalue weighted by Crippen LogP contribution is -2.34. The maximum atomic E-state index is 8.60. The maximum absolute atomic E-state index is 8.60. The largest absolute Gasteiger partial charge is 0.299 e. The molecule has 0 aliphatic heterocycles. The molecule has 2 aliphatic rings.